The van der Waals surface area contributed by atoms with Crippen LogP contribution >= 0.6 is 22.9 Å². The van der Waals surface area contributed by atoms with Gasteiger partial charge in [-0.1, -0.05) is 68.8 Å². The third-order valence-corrected chi connectivity index (χ3v) is 6.45. The fourth-order valence-electron chi connectivity index (χ4n) is 3.45. The van der Waals surface area contributed by atoms with Gasteiger partial charge in [0.1, 0.15) is 16.3 Å². The van der Waals surface area contributed by atoms with Crippen LogP contribution in [0.3, 0.4) is 0 Å². The van der Waals surface area contributed by atoms with Crippen molar-refractivity contribution in [2.75, 3.05) is 11.9 Å². The number of aryl methyl sites for hydroxylation is 1. The van der Waals surface area contributed by atoms with Gasteiger partial charge in [-0.05, 0) is 49.4 Å². The van der Waals surface area contributed by atoms with Crippen molar-refractivity contribution in [2.45, 2.75) is 53.1 Å². The number of carbonyl (C=O) groups is 2. The van der Waals surface area contributed by atoms with E-state index in [0.29, 0.717) is 21.3 Å². The van der Waals surface area contributed by atoms with Crippen molar-refractivity contribution in [1.82, 2.24) is 0 Å². The number of halogens is 1. The number of hydrogen-bond acceptors (Lipinski definition) is 5. The summed E-state index contributed by atoms with van der Waals surface area (Å²) in [5.74, 6) is -0.452. The van der Waals surface area contributed by atoms with E-state index >= 15 is 0 Å². The van der Waals surface area contributed by atoms with Crippen LogP contribution < -0.4 is 10.1 Å². The highest BCUT2D eigenvalue weighted by atomic mass is 35.5. The number of amides is 1. The molecule has 0 unspecified atom stereocenters. The lowest BCUT2D eigenvalue weighted by molar-refractivity contribution is -0.118. The van der Waals surface area contributed by atoms with Gasteiger partial charge >= 0.3 is 5.97 Å². The van der Waals surface area contributed by atoms with Gasteiger partial charge in [-0.25, -0.2) is 4.79 Å². The summed E-state index contributed by atoms with van der Waals surface area (Å²) >= 11 is 7.44. The first-order valence-corrected chi connectivity index (χ1v) is 12.3. The zero-order valence-electron chi connectivity index (χ0n) is 20.3. The van der Waals surface area contributed by atoms with Gasteiger partial charge in [0.2, 0.25) is 0 Å². The van der Waals surface area contributed by atoms with E-state index in [9.17, 15) is 9.59 Å². The lowest BCUT2D eigenvalue weighted by Crippen LogP contribution is -2.21. The van der Waals surface area contributed by atoms with Gasteiger partial charge in [0.05, 0.1) is 11.1 Å². The molecular weight excluding hydrogens is 470 g/mol. The molecule has 0 spiro atoms. The number of anilines is 1. The highest BCUT2D eigenvalue weighted by Gasteiger charge is 2.27. The fourth-order valence-corrected chi connectivity index (χ4v) is 4.72. The number of carbonyl (C=O) groups excluding carboxylic acids is 2. The van der Waals surface area contributed by atoms with Gasteiger partial charge in [-0.15, -0.1) is 11.3 Å². The Morgan fingerprint density at radius 1 is 1.06 bits per heavy atom. The van der Waals surface area contributed by atoms with Crippen LogP contribution in [-0.2, 0) is 14.9 Å². The molecule has 180 valence electrons. The molecule has 0 atom stereocenters. The third-order valence-electron chi connectivity index (χ3n) is 5.12. The minimum Gasteiger partial charge on any atom is -0.482 e. The number of nitrogens with one attached hydrogen (secondary N) is 1. The van der Waals surface area contributed by atoms with Gasteiger partial charge in [-0.2, -0.15) is 0 Å². The van der Waals surface area contributed by atoms with Crippen LogP contribution in [0.5, 0.6) is 5.75 Å². The standard InChI is InChI=1S/C27H30ClNO4S/c1-16(2)33-26(31)24-23(18-11-13-19(14-12-18)27(4,5)6)17(3)34-25(24)29-22(30)15-32-21-10-8-7-9-20(21)28/h7-14,16H,15H2,1-6H3,(H,29,30). The second-order valence-electron chi connectivity index (χ2n) is 9.29. The van der Waals surface area contributed by atoms with Gasteiger partial charge in [0.25, 0.3) is 5.91 Å². The quantitative estimate of drug-likeness (QED) is 0.347. The molecule has 0 saturated carbocycles. The zero-order valence-corrected chi connectivity index (χ0v) is 21.9. The van der Waals surface area contributed by atoms with Crippen molar-refractivity contribution in [3.8, 4) is 16.9 Å². The summed E-state index contributed by atoms with van der Waals surface area (Å²) in [7, 11) is 0. The van der Waals surface area contributed by atoms with E-state index in [4.69, 9.17) is 21.1 Å². The van der Waals surface area contributed by atoms with Gasteiger partial charge in [-0.3, -0.25) is 4.79 Å². The average Bonchev–Trinajstić information content (AvgIpc) is 3.07. The second kappa shape index (κ2) is 10.6. The summed E-state index contributed by atoms with van der Waals surface area (Å²) in [5, 5.41) is 3.69. The molecule has 0 aliphatic carbocycles. The second-order valence-corrected chi connectivity index (χ2v) is 10.9. The topological polar surface area (TPSA) is 64.6 Å². The Kier molecular flexibility index (Phi) is 8.05. The number of hydrogen-bond donors (Lipinski definition) is 1. The largest absolute Gasteiger partial charge is 0.482 e. The minimum absolute atomic E-state index is 0.0163. The Bertz CT molecular complexity index is 1180. The maximum atomic E-state index is 13.1. The van der Waals surface area contributed by atoms with E-state index in [1.54, 1.807) is 38.1 Å². The van der Waals surface area contributed by atoms with E-state index in [0.717, 1.165) is 16.0 Å². The Labute approximate surface area is 210 Å². The summed E-state index contributed by atoms with van der Waals surface area (Å²) in [6.07, 6.45) is -0.295. The molecule has 0 fully saturated rings. The molecule has 3 aromatic rings. The smallest absolute Gasteiger partial charge is 0.342 e. The zero-order chi connectivity index (χ0) is 25.0. The molecule has 1 N–H and O–H groups in total. The number of benzene rings is 2. The summed E-state index contributed by atoms with van der Waals surface area (Å²) in [6, 6.07) is 15.1. The van der Waals surface area contributed by atoms with E-state index < -0.39 is 11.9 Å². The molecule has 0 bridgehead atoms. The first-order chi connectivity index (χ1) is 16.0. The van der Waals surface area contributed by atoms with Crippen LogP contribution in [0.25, 0.3) is 11.1 Å². The van der Waals surface area contributed by atoms with Crippen LogP contribution in [0.4, 0.5) is 5.00 Å². The van der Waals surface area contributed by atoms with Crippen molar-refractivity contribution < 1.29 is 19.1 Å². The number of rotatable bonds is 7. The van der Waals surface area contributed by atoms with Crippen LogP contribution in [0.1, 0.15) is 55.4 Å². The SMILES string of the molecule is Cc1sc(NC(=O)COc2ccccc2Cl)c(C(=O)OC(C)C)c1-c1ccc(C(C)(C)C)cc1. The number of para-hydroxylation sites is 1. The number of esters is 1. The molecule has 2 aromatic carbocycles. The van der Waals surface area contributed by atoms with Crippen LogP contribution in [-0.4, -0.2) is 24.6 Å². The lowest BCUT2D eigenvalue weighted by Gasteiger charge is -2.19. The molecule has 3 rings (SSSR count). The molecule has 0 aliphatic heterocycles. The highest BCUT2D eigenvalue weighted by molar-refractivity contribution is 7.17. The van der Waals surface area contributed by atoms with Gasteiger partial charge in [0.15, 0.2) is 6.61 Å². The average molecular weight is 500 g/mol. The minimum atomic E-state index is -0.475. The lowest BCUT2D eigenvalue weighted by atomic mass is 9.86. The van der Waals surface area contributed by atoms with E-state index in [2.05, 4.69) is 38.2 Å². The number of thiophene rings is 1. The molecule has 0 aliphatic rings. The van der Waals surface area contributed by atoms with Crippen LogP contribution in [0, 0.1) is 6.92 Å². The van der Waals surface area contributed by atoms with Crippen LogP contribution in [0.2, 0.25) is 5.02 Å². The van der Waals surface area contributed by atoms with Crippen molar-refractivity contribution in [2.24, 2.45) is 0 Å². The highest BCUT2D eigenvalue weighted by Crippen LogP contribution is 2.41. The maximum absolute atomic E-state index is 13.1. The monoisotopic (exact) mass is 499 g/mol. The molecule has 34 heavy (non-hydrogen) atoms. The van der Waals surface area contributed by atoms with Crippen molar-refractivity contribution in [3.05, 3.63) is 69.6 Å². The van der Waals surface area contributed by atoms with E-state index in [-0.39, 0.29) is 18.1 Å². The molecule has 1 heterocycles. The fraction of sp³-hybridized carbons (Fsp3) is 0.333. The first-order valence-electron chi connectivity index (χ1n) is 11.1. The van der Waals surface area contributed by atoms with Crippen molar-refractivity contribution >= 4 is 39.8 Å². The van der Waals surface area contributed by atoms with Gasteiger partial charge < -0.3 is 14.8 Å². The normalized spacial score (nSPS) is 11.4. The first kappa shape index (κ1) is 25.8. The summed E-state index contributed by atoms with van der Waals surface area (Å²) in [5.41, 5.74) is 3.22. The summed E-state index contributed by atoms with van der Waals surface area (Å²) < 4.78 is 11.1. The van der Waals surface area contributed by atoms with Crippen molar-refractivity contribution in [3.63, 3.8) is 0 Å². The predicted molar refractivity (Wildman–Crippen MR) is 139 cm³/mol. The molecule has 0 saturated heterocycles. The predicted octanol–water partition coefficient (Wildman–Crippen LogP) is 7.26. The van der Waals surface area contributed by atoms with E-state index in [1.165, 1.54) is 16.9 Å². The third kappa shape index (κ3) is 6.19. The summed E-state index contributed by atoms with van der Waals surface area (Å²) in [4.78, 5) is 26.7. The summed E-state index contributed by atoms with van der Waals surface area (Å²) in [6.45, 7) is 11.7. The van der Waals surface area contributed by atoms with Crippen LogP contribution in [0.15, 0.2) is 48.5 Å². The molecule has 7 heteroatoms. The van der Waals surface area contributed by atoms with E-state index in [1.807, 2.05) is 19.1 Å². The Morgan fingerprint density at radius 3 is 2.29 bits per heavy atom. The molecule has 0 radical (unpaired) electrons. The van der Waals surface area contributed by atoms with Crippen molar-refractivity contribution in [1.29, 1.82) is 0 Å². The Morgan fingerprint density at radius 2 is 1.71 bits per heavy atom. The molecule has 1 amide bonds. The number of ether oxygens (including phenoxy) is 2. The Hall–Kier alpha value is -2.83. The molecule has 5 nitrogen and oxygen atoms in total. The molecular formula is C27H30ClNO4S. The maximum Gasteiger partial charge on any atom is 0.342 e. The Balaban J connectivity index is 1.92. The molecule has 1 aromatic heterocycles. The van der Waals surface area contributed by atoms with Gasteiger partial charge in [0, 0.05) is 10.4 Å².